The fourth-order valence-electron chi connectivity index (χ4n) is 7.47. The molecular weight excluding hydrogens is 552 g/mol. The molecule has 0 saturated heterocycles. The largest absolute Gasteiger partial charge is 0.454 e. The third-order valence-corrected chi connectivity index (χ3v) is 9.45. The Morgan fingerprint density at radius 1 is 0.422 bits per heavy atom. The topological polar surface area (TPSA) is 47.7 Å². The van der Waals surface area contributed by atoms with E-state index in [-0.39, 0.29) is 0 Å². The van der Waals surface area contributed by atoms with Gasteiger partial charge in [0, 0.05) is 26.9 Å². The van der Waals surface area contributed by atoms with Crippen LogP contribution in [0.2, 0.25) is 0 Å². The summed E-state index contributed by atoms with van der Waals surface area (Å²) in [6, 6.07) is 47.1. The van der Waals surface area contributed by atoms with E-state index in [1.54, 1.807) is 0 Å². The molecule has 0 aliphatic rings. The molecule has 0 atom stereocenters. The third kappa shape index (κ3) is 2.97. The summed E-state index contributed by atoms with van der Waals surface area (Å²) in [4.78, 5) is 10.1. The summed E-state index contributed by atoms with van der Waals surface area (Å²) in [6.45, 7) is 0. The van der Waals surface area contributed by atoms with Crippen molar-refractivity contribution < 1.29 is 4.42 Å². The minimum absolute atomic E-state index is 0.863. The van der Waals surface area contributed by atoms with Gasteiger partial charge in [-0.3, -0.25) is 8.80 Å². The average Bonchev–Trinajstić information content (AvgIpc) is 3.80. The lowest BCUT2D eigenvalue weighted by molar-refractivity contribution is 0.672. The lowest BCUT2D eigenvalue weighted by Gasteiger charge is -2.11. The standard InChI is InChI=1S/C40H22N4O/c1-3-11-27-25(9-1)29-21-23(17-19-33(29)43-34-15-7-5-13-31(34)41-39(27)43)24-18-20-36-30(22-24)37-38(45-36)26-10-2-4-12-28(26)40-42-32-14-6-8-16-35(32)44(37)40/h1-22H. The summed E-state index contributed by atoms with van der Waals surface area (Å²) >= 11 is 0. The highest BCUT2D eigenvalue weighted by Crippen LogP contribution is 2.40. The van der Waals surface area contributed by atoms with Crippen molar-refractivity contribution in [2.75, 3.05) is 0 Å². The van der Waals surface area contributed by atoms with Crippen molar-refractivity contribution in [1.29, 1.82) is 0 Å². The maximum absolute atomic E-state index is 6.63. The molecule has 0 aliphatic carbocycles. The molecule has 11 rings (SSSR count). The van der Waals surface area contributed by atoms with Crippen LogP contribution in [0.25, 0.3) is 99.0 Å². The van der Waals surface area contributed by atoms with Gasteiger partial charge in [-0.05, 0) is 65.0 Å². The SMILES string of the molecule is c1ccc2c(c1)nc1c3ccccc3c3cc(-c4ccc5oc6c7ccccc7c7nc8ccccc8n7c6c5c4)ccc3n21. The number of fused-ring (bicyclic) bond motifs is 18. The Labute approximate surface area is 255 Å². The number of nitrogens with zero attached hydrogens (tertiary/aromatic N) is 4. The Kier molecular flexibility index (Phi) is 4.26. The molecule has 208 valence electrons. The molecule has 5 aromatic heterocycles. The van der Waals surface area contributed by atoms with E-state index in [0.717, 1.165) is 88.2 Å². The summed E-state index contributed by atoms with van der Waals surface area (Å²) < 4.78 is 11.2. The molecule has 0 fully saturated rings. The number of furan rings is 1. The zero-order valence-corrected chi connectivity index (χ0v) is 23.9. The van der Waals surface area contributed by atoms with Gasteiger partial charge in [-0.1, -0.05) is 84.9 Å². The van der Waals surface area contributed by atoms with Crippen LogP contribution in [0.1, 0.15) is 0 Å². The molecule has 5 heterocycles. The van der Waals surface area contributed by atoms with Crippen molar-refractivity contribution in [1.82, 2.24) is 18.8 Å². The lowest BCUT2D eigenvalue weighted by Crippen LogP contribution is -1.92. The van der Waals surface area contributed by atoms with E-state index in [9.17, 15) is 0 Å². The second kappa shape index (κ2) is 8.24. The van der Waals surface area contributed by atoms with E-state index in [1.807, 2.05) is 6.07 Å². The molecule has 6 aromatic carbocycles. The first-order valence-electron chi connectivity index (χ1n) is 15.2. The highest BCUT2D eigenvalue weighted by atomic mass is 16.3. The van der Waals surface area contributed by atoms with Gasteiger partial charge >= 0.3 is 0 Å². The normalized spacial score (nSPS) is 12.4. The summed E-state index contributed by atoms with van der Waals surface area (Å²) in [5.41, 5.74) is 12.3. The smallest absolute Gasteiger partial charge is 0.160 e. The first-order chi connectivity index (χ1) is 22.3. The van der Waals surface area contributed by atoms with Gasteiger partial charge in [0.2, 0.25) is 0 Å². The molecule has 0 saturated carbocycles. The van der Waals surface area contributed by atoms with Gasteiger partial charge in [-0.25, -0.2) is 9.97 Å². The highest BCUT2D eigenvalue weighted by molar-refractivity contribution is 6.19. The lowest BCUT2D eigenvalue weighted by atomic mass is 9.98. The fraction of sp³-hybridized carbons (Fsp3) is 0. The minimum Gasteiger partial charge on any atom is -0.454 e. The van der Waals surface area contributed by atoms with E-state index in [1.165, 1.54) is 10.8 Å². The van der Waals surface area contributed by atoms with Gasteiger partial charge in [-0.2, -0.15) is 0 Å². The van der Waals surface area contributed by atoms with Crippen LogP contribution in [0, 0.1) is 0 Å². The second-order valence-electron chi connectivity index (χ2n) is 11.8. The Balaban J connectivity index is 1.24. The molecule has 0 N–H and O–H groups in total. The first-order valence-corrected chi connectivity index (χ1v) is 15.2. The van der Waals surface area contributed by atoms with Crippen molar-refractivity contribution in [3.63, 3.8) is 0 Å². The molecule has 0 bridgehead atoms. The Bertz CT molecular complexity index is 3050. The van der Waals surface area contributed by atoms with Gasteiger partial charge in [0.25, 0.3) is 0 Å². The fourth-order valence-corrected chi connectivity index (χ4v) is 7.47. The number of rotatable bonds is 1. The van der Waals surface area contributed by atoms with Crippen LogP contribution in [0.15, 0.2) is 138 Å². The Morgan fingerprint density at radius 2 is 0.978 bits per heavy atom. The van der Waals surface area contributed by atoms with Crippen LogP contribution >= 0.6 is 0 Å². The van der Waals surface area contributed by atoms with E-state index < -0.39 is 0 Å². The molecule has 45 heavy (non-hydrogen) atoms. The molecule has 5 nitrogen and oxygen atoms in total. The molecule has 11 aromatic rings. The number of hydrogen-bond acceptors (Lipinski definition) is 3. The van der Waals surface area contributed by atoms with Crippen LogP contribution in [0.4, 0.5) is 0 Å². The van der Waals surface area contributed by atoms with E-state index in [2.05, 4.69) is 136 Å². The van der Waals surface area contributed by atoms with Crippen LogP contribution in [0.5, 0.6) is 0 Å². The maximum atomic E-state index is 6.63. The summed E-state index contributed by atoms with van der Waals surface area (Å²) in [5.74, 6) is 0. The van der Waals surface area contributed by atoms with E-state index >= 15 is 0 Å². The van der Waals surface area contributed by atoms with Crippen LogP contribution < -0.4 is 0 Å². The van der Waals surface area contributed by atoms with Crippen molar-refractivity contribution in [2.45, 2.75) is 0 Å². The maximum Gasteiger partial charge on any atom is 0.160 e. The van der Waals surface area contributed by atoms with Crippen LogP contribution in [-0.2, 0) is 0 Å². The van der Waals surface area contributed by atoms with E-state index in [0.29, 0.717) is 0 Å². The quantitative estimate of drug-likeness (QED) is 0.183. The van der Waals surface area contributed by atoms with Crippen molar-refractivity contribution in [2.24, 2.45) is 0 Å². The third-order valence-electron chi connectivity index (χ3n) is 9.45. The summed E-state index contributed by atoms with van der Waals surface area (Å²) in [6.07, 6.45) is 0. The number of benzene rings is 6. The molecule has 0 unspecified atom stereocenters. The molecule has 5 heteroatoms. The summed E-state index contributed by atoms with van der Waals surface area (Å²) in [7, 11) is 0. The van der Waals surface area contributed by atoms with Crippen LogP contribution in [-0.4, -0.2) is 18.8 Å². The zero-order chi connectivity index (χ0) is 29.2. The minimum atomic E-state index is 0.863. The number of pyridine rings is 2. The van der Waals surface area contributed by atoms with Gasteiger partial charge < -0.3 is 4.42 Å². The Hall–Kier alpha value is -6.20. The predicted octanol–water partition coefficient (Wildman–Crippen LogP) is 10.3. The predicted molar refractivity (Wildman–Crippen MR) is 184 cm³/mol. The number of para-hydroxylation sites is 4. The van der Waals surface area contributed by atoms with Gasteiger partial charge in [0.15, 0.2) is 5.58 Å². The average molecular weight is 575 g/mol. The summed E-state index contributed by atoms with van der Waals surface area (Å²) in [5, 5.41) is 6.77. The second-order valence-corrected chi connectivity index (χ2v) is 11.8. The van der Waals surface area contributed by atoms with Crippen molar-refractivity contribution in [3.05, 3.63) is 133 Å². The number of hydrogen-bond donors (Lipinski definition) is 0. The van der Waals surface area contributed by atoms with Crippen molar-refractivity contribution in [3.8, 4) is 11.1 Å². The molecule has 0 spiro atoms. The van der Waals surface area contributed by atoms with Gasteiger partial charge in [0.05, 0.1) is 27.6 Å². The first kappa shape index (κ1) is 23.3. The molecule has 0 radical (unpaired) electrons. The molecule has 0 amide bonds. The monoisotopic (exact) mass is 574 g/mol. The van der Waals surface area contributed by atoms with E-state index in [4.69, 9.17) is 14.4 Å². The van der Waals surface area contributed by atoms with Gasteiger partial charge in [0.1, 0.15) is 22.4 Å². The van der Waals surface area contributed by atoms with Gasteiger partial charge in [-0.15, -0.1) is 0 Å². The zero-order valence-electron chi connectivity index (χ0n) is 23.9. The number of aromatic nitrogens is 4. The molecule has 0 aliphatic heterocycles. The Morgan fingerprint density at radius 3 is 1.73 bits per heavy atom. The number of imidazole rings is 2. The molecular formula is C40H22N4O. The highest BCUT2D eigenvalue weighted by Gasteiger charge is 2.20. The van der Waals surface area contributed by atoms with Crippen LogP contribution in [0.3, 0.4) is 0 Å². The van der Waals surface area contributed by atoms with Crippen molar-refractivity contribution >= 4 is 87.9 Å².